The standard InChI is InChI=1S/C24H26O4/c1-5-25-13-15-27-23-19-9-7-8-10-20(19)24(28-16-14-26-6-2)22-18(4)17(3)11-12-21(22)23/h5-12H,1-2,13-16H2,3-4H3. The summed E-state index contributed by atoms with van der Waals surface area (Å²) in [7, 11) is 0. The number of benzene rings is 3. The van der Waals surface area contributed by atoms with Crippen LogP contribution in [0.5, 0.6) is 11.5 Å². The number of hydrogen-bond acceptors (Lipinski definition) is 4. The summed E-state index contributed by atoms with van der Waals surface area (Å²) in [5.74, 6) is 1.70. The summed E-state index contributed by atoms with van der Waals surface area (Å²) >= 11 is 0. The van der Waals surface area contributed by atoms with Gasteiger partial charge in [0.1, 0.15) is 37.9 Å². The van der Waals surface area contributed by atoms with Crippen molar-refractivity contribution >= 4 is 21.5 Å². The average molecular weight is 378 g/mol. The zero-order valence-corrected chi connectivity index (χ0v) is 16.5. The first-order valence-electron chi connectivity index (χ1n) is 9.34. The molecule has 0 spiro atoms. The second-order valence-corrected chi connectivity index (χ2v) is 6.41. The van der Waals surface area contributed by atoms with Gasteiger partial charge in [0, 0.05) is 21.5 Å². The van der Waals surface area contributed by atoms with Crippen molar-refractivity contribution in [1.29, 1.82) is 0 Å². The number of rotatable bonds is 10. The fourth-order valence-corrected chi connectivity index (χ4v) is 3.31. The molecule has 0 amide bonds. The van der Waals surface area contributed by atoms with E-state index in [9.17, 15) is 0 Å². The monoisotopic (exact) mass is 378 g/mol. The van der Waals surface area contributed by atoms with E-state index in [0.717, 1.165) is 33.0 Å². The van der Waals surface area contributed by atoms with Gasteiger partial charge < -0.3 is 18.9 Å². The Morgan fingerprint density at radius 3 is 1.89 bits per heavy atom. The van der Waals surface area contributed by atoms with Crippen LogP contribution in [0.2, 0.25) is 0 Å². The Balaban J connectivity index is 2.17. The molecular formula is C24H26O4. The molecule has 146 valence electrons. The van der Waals surface area contributed by atoms with E-state index >= 15 is 0 Å². The number of fused-ring (bicyclic) bond motifs is 2. The van der Waals surface area contributed by atoms with Crippen molar-refractivity contribution in [3.8, 4) is 11.5 Å². The van der Waals surface area contributed by atoms with Gasteiger partial charge in [-0.3, -0.25) is 0 Å². The molecule has 0 aromatic heterocycles. The molecule has 4 heteroatoms. The summed E-state index contributed by atoms with van der Waals surface area (Å²) in [6, 6.07) is 12.4. The van der Waals surface area contributed by atoms with Crippen LogP contribution in [-0.4, -0.2) is 26.4 Å². The van der Waals surface area contributed by atoms with E-state index in [2.05, 4.69) is 51.3 Å². The third kappa shape index (κ3) is 3.91. The highest BCUT2D eigenvalue weighted by Crippen LogP contribution is 2.44. The molecule has 3 rings (SSSR count). The van der Waals surface area contributed by atoms with Gasteiger partial charge in [-0.15, -0.1) is 0 Å². The van der Waals surface area contributed by atoms with Crippen molar-refractivity contribution in [2.24, 2.45) is 0 Å². The molecule has 0 saturated carbocycles. The van der Waals surface area contributed by atoms with E-state index in [1.807, 2.05) is 12.1 Å². The normalized spacial score (nSPS) is 10.6. The van der Waals surface area contributed by atoms with E-state index in [-0.39, 0.29) is 0 Å². The van der Waals surface area contributed by atoms with Crippen LogP contribution in [-0.2, 0) is 9.47 Å². The molecule has 0 aliphatic carbocycles. The summed E-state index contributed by atoms with van der Waals surface area (Å²) in [5.41, 5.74) is 2.38. The Morgan fingerprint density at radius 2 is 1.29 bits per heavy atom. The number of hydrogen-bond donors (Lipinski definition) is 0. The van der Waals surface area contributed by atoms with Crippen molar-refractivity contribution in [2.45, 2.75) is 13.8 Å². The molecular weight excluding hydrogens is 352 g/mol. The Bertz CT molecular complexity index is 991. The largest absolute Gasteiger partial charge is 0.498 e. The molecule has 0 radical (unpaired) electrons. The third-order valence-electron chi connectivity index (χ3n) is 4.75. The zero-order chi connectivity index (χ0) is 19.9. The Labute approximate surface area is 166 Å². The highest BCUT2D eigenvalue weighted by Gasteiger charge is 2.18. The van der Waals surface area contributed by atoms with Crippen LogP contribution in [0.25, 0.3) is 21.5 Å². The van der Waals surface area contributed by atoms with Crippen LogP contribution < -0.4 is 9.47 Å². The van der Waals surface area contributed by atoms with Crippen molar-refractivity contribution in [3.05, 3.63) is 73.2 Å². The zero-order valence-electron chi connectivity index (χ0n) is 16.5. The molecule has 0 bridgehead atoms. The maximum atomic E-state index is 6.20. The summed E-state index contributed by atoms with van der Waals surface area (Å²) in [6.45, 7) is 13.1. The van der Waals surface area contributed by atoms with Gasteiger partial charge in [0.25, 0.3) is 0 Å². The van der Waals surface area contributed by atoms with Crippen molar-refractivity contribution in [1.82, 2.24) is 0 Å². The molecule has 0 heterocycles. The minimum absolute atomic E-state index is 0.436. The second kappa shape index (κ2) is 9.18. The fourth-order valence-electron chi connectivity index (χ4n) is 3.31. The van der Waals surface area contributed by atoms with Crippen LogP contribution in [0.4, 0.5) is 0 Å². The van der Waals surface area contributed by atoms with Crippen LogP contribution in [0.15, 0.2) is 62.1 Å². The van der Waals surface area contributed by atoms with Crippen LogP contribution in [0.1, 0.15) is 11.1 Å². The van der Waals surface area contributed by atoms with Gasteiger partial charge in [-0.05, 0) is 25.0 Å². The van der Waals surface area contributed by atoms with Gasteiger partial charge in [-0.2, -0.15) is 0 Å². The first-order chi connectivity index (χ1) is 13.7. The Hall–Kier alpha value is -3.14. The highest BCUT2D eigenvalue weighted by atomic mass is 16.5. The minimum Gasteiger partial charge on any atom is -0.498 e. The van der Waals surface area contributed by atoms with E-state index in [1.165, 1.54) is 23.7 Å². The van der Waals surface area contributed by atoms with Gasteiger partial charge in [-0.1, -0.05) is 49.6 Å². The predicted octanol–water partition coefficient (Wildman–Crippen LogP) is 5.69. The molecule has 0 unspecified atom stereocenters. The molecule has 3 aromatic carbocycles. The fraction of sp³-hybridized carbons (Fsp3) is 0.250. The molecule has 0 aliphatic heterocycles. The Kier molecular flexibility index (Phi) is 6.43. The lowest BCUT2D eigenvalue weighted by atomic mass is 9.95. The second-order valence-electron chi connectivity index (χ2n) is 6.41. The average Bonchev–Trinajstić information content (AvgIpc) is 2.71. The lowest BCUT2D eigenvalue weighted by Crippen LogP contribution is -2.07. The molecule has 0 aliphatic rings. The van der Waals surface area contributed by atoms with Crippen LogP contribution in [0, 0.1) is 13.8 Å². The van der Waals surface area contributed by atoms with Gasteiger partial charge >= 0.3 is 0 Å². The molecule has 28 heavy (non-hydrogen) atoms. The number of aryl methyl sites for hydroxylation is 2. The third-order valence-corrected chi connectivity index (χ3v) is 4.75. The van der Waals surface area contributed by atoms with Crippen LogP contribution in [0.3, 0.4) is 0 Å². The van der Waals surface area contributed by atoms with Crippen molar-refractivity contribution in [2.75, 3.05) is 26.4 Å². The topological polar surface area (TPSA) is 36.9 Å². The predicted molar refractivity (Wildman–Crippen MR) is 114 cm³/mol. The Morgan fingerprint density at radius 1 is 0.714 bits per heavy atom. The summed E-state index contributed by atoms with van der Waals surface area (Å²) in [5, 5.41) is 4.12. The lowest BCUT2D eigenvalue weighted by molar-refractivity contribution is 0.180. The number of ether oxygens (including phenoxy) is 4. The first-order valence-corrected chi connectivity index (χ1v) is 9.34. The quantitative estimate of drug-likeness (QED) is 0.258. The van der Waals surface area contributed by atoms with Gasteiger partial charge in [0.2, 0.25) is 0 Å². The van der Waals surface area contributed by atoms with Gasteiger partial charge in [0.15, 0.2) is 0 Å². The summed E-state index contributed by atoms with van der Waals surface area (Å²) in [6.07, 6.45) is 2.85. The highest BCUT2D eigenvalue weighted by molar-refractivity contribution is 6.12. The molecule has 3 aromatic rings. The lowest BCUT2D eigenvalue weighted by Gasteiger charge is -2.20. The van der Waals surface area contributed by atoms with Crippen molar-refractivity contribution in [3.63, 3.8) is 0 Å². The van der Waals surface area contributed by atoms with Gasteiger partial charge in [0.05, 0.1) is 12.5 Å². The SMILES string of the molecule is C=COCCOc1c2ccccc2c(OCCOC=C)c2c(C)c(C)ccc12. The van der Waals surface area contributed by atoms with E-state index < -0.39 is 0 Å². The maximum Gasteiger partial charge on any atom is 0.135 e. The minimum atomic E-state index is 0.436. The summed E-state index contributed by atoms with van der Waals surface area (Å²) in [4.78, 5) is 0. The molecule has 0 atom stereocenters. The molecule has 0 fully saturated rings. The van der Waals surface area contributed by atoms with Gasteiger partial charge in [-0.25, -0.2) is 0 Å². The van der Waals surface area contributed by atoms with Crippen LogP contribution >= 0.6 is 0 Å². The van der Waals surface area contributed by atoms with E-state index in [4.69, 9.17) is 18.9 Å². The first kappa shape index (κ1) is 19.6. The van der Waals surface area contributed by atoms with E-state index in [1.54, 1.807) is 0 Å². The molecule has 0 N–H and O–H groups in total. The molecule has 0 saturated heterocycles. The molecule has 4 nitrogen and oxygen atoms in total. The van der Waals surface area contributed by atoms with E-state index in [0.29, 0.717) is 26.4 Å². The summed E-state index contributed by atoms with van der Waals surface area (Å²) < 4.78 is 22.8. The van der Waals surface area contributed by atoms with Crippen molar-refractivity contribution < 1.29 is 18.9 Å². The maximum absolute atomic E-state index is 6.20. The smallest absolute Gasteiger partial charge is 0.135 e.